The molecule has 0 unspecified atom stereocenters. The van der Waals surface area contributed by atoms with Crippen molar-refractivity contribution in [1.29, 1.82) is 5.26 Å². The van der Waals surface area contributed by atoms with Crippen molar-refractivity contribution in [3.63, 3.8) is 0 Å². The first-order valence-electron chi connectivity index (χ1n) is 5.54. The van der Waals surface area contributed by atoms with Gasteiger partial charge in [0.05, 0.1) is 0 Å². The van der Waals surface area contributed by atoms with Gasteiger partial charge in [-0.3, -0.25) is 0 Å². The standard InChI is InChI=1S/C13H11FN4O/c1-8-6-12(18-13(16-2)17-8)19-11-5-3-4-10(14)9(11)7-15/h3-6H,1-2H3,(H,16,17,18). The highest BCUT2D eigenvalue weighted by Crippen LogP contribution is 2.26. The van der Waals surface area contributed by atoms with Crippen LogP contribution in [0.2, 0.25) is 0 Å². The fourth-order valence-electron chi connectivity index (χ4n) is 1.51. The van der Waals surface area contributed by atoms with Gasteiger partial charge in [0.15, 0.2) is 0 Å². The smallest absolute Gasteiger partial charge is 0.225 e. The normalized spacial score (nSPS) is 9.79. The first-order chi connectivity index (χ1) is 9.13. The predicted octanol–water partition coefficient (Wildman–Crippen LogP) is 2.63. The van der Waals surface area contributed by atoms with E-state index in [9.17, 15) is 4.39 Å². The maximum absolute atomic E-state index is 13.4. The molecule has 5 nitrogen and oxygen atoms in total. The average Bonchev–Trinajstić information content (AvgIpc) is 2.38. The summed E-state index contributed by atoms with van der Waals surface area (Å²) < 4.78 is 18.9. The van der Waals surface area contributed by atoms with E-state index in [4.69, 9.17) is 10.00 Å². The molecule has 0 aliphatic rings. The number of nitrogens with one attached hydrogen (secondary N) is 1. The zero-order valence-corrected chi connectivity index (χ0v) is 10.4. The first-order valence-corrected chi connectivity index (χ1v) is 5.54. The monoisotopic (exact) mass is 258 g/mol. The lowest BCUT2D eigenvalue weighted by Gasteiger charge is -2.08. The number of aromatic nitrogens is 2. The molecule has 0 aliphatic carbocycles. The summed E-state index contributed by atoms with van der Waals surface area (Å²) in [6.45, 7) is 1.78. The third-order valence-corrected chi connectivity index (χ3v) is 2.36. The lowest BCUT2D eigenvalue weighted by Crippen LogP contribution is -2.00. The highest BCUT2D eigenvalue weighted by Gasteiger charge is 2.11. The van der Waals surface area contributed by atoms with Gasteiger partial charge in [0.1, 0.15) is 23.2 Å². The van der Waals surface area contributed by atoms with Crippen molar-refractivity contribution >= 4 is 5.95 Å². The number of ether oxygens (including phenoxy) is 1. The third-order valence-electron chi connectivity index (χ3n) is 2.36. The molecule has 1 aromatic heterocycles. The largest absolute Gasteiger partial charge is 0.437 e. The van der Waals surface area contributed by atoms with Crippen LogP contribution in [0, 0.1) is 24.1 Å². The van der Waals surface area contributed by atoms with Gasteiger partial charge in [0, 0.05) is 18.8 Å². The molecule has 0 aliphatic heterocycles. The summed E-state index contributed by atoms with van der Waals surface area (Å²) in [5, 5.41) is 11.7. The van der Waals surface area contributed by atoms with Crippen LogP contribution in [0.1, 0.15) is 11.3 Å². The zero-order chi connectivity index (χ0) is 13.8. The van der Waals surface area contributed by atoms with Gasteiger partial charge in [0.2, 0.25) is 11.8 Å². The quantitative estimate of drug-likeness (QED) is 0.916. The maximum atomic E-state index is 13.4. The molecule has 0 bridgehead atoms. The second kappa shape index (κ2) is 5.31. The molecule has 6 heteroatoms. The molecule has 19 heavy (non-hydrogen) atoms. The van der Waals surface area contributed by atoms with Crippen molar-refractivity contribution in [3.05, 3.63) is 41.3 Å². The van der Waals surface area contributed by atoms with Crippen molar-refractivity contribution < 1.29 is 9.13 Å². The highest BCUT2D eigenvalue weighted by molar-refractivity contribution is 5.45. The summed E-state index contributed by atoms with van der Waals surface area (Å²) in [4.78, 5) is 8.19. The van der Waals surface area contributed by atoms with E-state index in [1.165, 1.54) is 18.2 Å². The van der Waals surface area contributed by atoms with Crippen LogP contribution in [0.25, 0.3) is 0 Å². The molecule has 0 spiro atoms. The Bertz CT molecular complexity index is 652. The second-order valence-electron chi connectivity index (χ2n) is 3.75. The Balaban J connectivity index is 2.39. The minimum Gasteiger partial charge on any atom is -0.437 e. The summed E-state index contributed by atoms with van der Waals surface area (Å²) >= 11 is 0. The van der Waals surface area contributed by atoms with Gasteiger partial charge >= 0.3 is 0 Å². The number of halogens is 1. The fraction of sp³-hybridized carbons (Fsp3) is 0.154. The first kappa shape index (κ1) is 12.8. The molecule has 0 amide bonds. The van der Waals surface area contributed by atoms with Crippen LogP contribution < -0.4 is 10.1 Å². The van der Waals surface area contributed by atoms with Crippen molar-refractivity contribution in [2.75, 3.05) is 12.4 Å². The van der Waals surface area contributed by atoms with E-state index in [1.54, 1.807) is 26.1 Å². The number of nitriles is 1. The Morgan fingerprint density at radius 2 is 2.16 bits per heavy atom. The molecule has 2 aromatic rings. The minimum absolute atomic E-state index is 0.127. The van der Waals surface area contributed by atoms with E-state index < -0.39 is 5.82 Å². The van der Waals surface area contributed by atoms with E-state index in [0.29, 0.717) is 11.6 Å². The van der Waals surface area contributed by atoms with E-state index in [1.807, 2.05) is 0 Å². The molecule has 0 saturated heterocycles. The molecule has 0 radical (unpaired) electrons. The number of aryl methyl sites for hydroxylation is 1. The molecule has 0 atom stereocenters. The SMILES string of the molecule is CNc1nc(C)cc(Oc2cccc(F)c2C#N)n1. The van der Waals surface area contributed by atoms with Crippen LogP contribution in [0.3, 0.4) is 0 Å². The lowest BCUT2D eigenvalue weighted by molar-refractivity contribution is 0.455. The fourth-order valence-corrected chi connectivity index (χ4v) is 1.51. The highest BCUT2D eigenvalue weighted by atomic mass is 19.1. The molecular weight excluding hydrogens is 247 g/mol. The van der Waals surface area contributed by atoms with Crippen LogP contribution in [0.15, 0.2) is 24.3 Å². The van der Waals surface area contributed by atoms with Crippen molar-refractivity contribution in [2.24, 2.45) is 0 Å². The second-order valence-corrected chi connectivity index (χ2v) is 3.75. The summed E-state index contributed by atoms with van der Waals surface area (Å²) in [7, 11) is 1.68. The molecular formula is C13H11FN4O. The molecule has 0 fully saturated rings. The zero-order valence-electron chi connectivity index (χ0n) is 10.4. The van der Waals surface area contributed by atoms with Crippen LogP contribution >= 0.6 is 0 Å². The number of rotatable bonds is 3. The number of hydrogen-bond acceptors (Lipinski definition) is 5. The molecule has 96 valence electrons. The maximum Gasteiger partial charge on any atom is 0.225 e. The van der Waals surface area contributed by atoms with Gasteiger partial charge in [-0.2, -0.15) is 10.2 Å². The van der Waals surface area contributed by atoms with Gasteiger partial charge in [-0.15, -0.1) is 0 Å². The Labute approximate surface area is 109 Å². The third kappa shape index (κ3) is 2.77. The van der Waals surface area contributed by atoms with Gasteiger partial charge < -0.3 is 10.1 Å². The summed E-state index contributed by atoms with van der Waals surface area (Å²) in [5.74, 6) is 0.145. The van der Waals surface area contributed by atoms with Crippen molar-refractivity contribution in [1.82, 2.24) is 9.97 Å². The van der Waals surface area contributed by atoms with Gasteiger partial charge in [-0.05, 0) is 19.1 Å². The van der Waals surface area contributed by atoms with E-state index in [2.05, 4.69) is 15.3 Å². The number of nitrogens with zero attached hydrogens (tertiary/aromatic N) is 3. The molecule has 1 heterocycles. The summed E-state index contributed by atoms with van der Waals surface area (Å²) in [5.41, 5.74) is 0.550. The van der Waals surface area contributed by atoms with Crippen LogP contribution in [0.4, 0.5) is 10.3 Å². The summed E-state index contributed by atoms with van der Waals surface area (Å²) in [6.07, 6.45) is 0. The number of hydrogen-bond donors (Lipinski definition) is 1. The molecule has 1 aromatic carbocycles. The lowest BCUT2D eigenvalue weighted by atomic mass is 10.2. The molecule has 2 rings (SSSR count). The Morgan fingerprint density at radius 1 is 1.37 bits per heavy atom. The topological polar surface area (TPSA) is 70.8 Å². The minimum atomic E-state index is -0.625. The van der Waals surface area contributed by atoms with Gasteiger partial charge in [-0.1, -0.05) is 6.07 Å². The molecule has 1 N–H and O–H groups in total. The summed E-state index contributed by atoms with van der Waals surface area (Å²) in [6, 6.07) is 7.56. The molecule has 0 saturated carbocycles. The Morgan fingerprint density at radius 3 is 2.84 bits per heavy atom. The average molecular weight is 258 g/mol. The Kier molecular flexibility index (Phi) is 3.57. The van der Waals surface area contributed by atoms with Crippen LogP contribution in [0.5, 0.6) is 11.6 Å². The van der Waals surface area contributed by atoms with Gasteiger partial charge in [0.25, 0.3) is 0 Å². The predicted molar refractivity (Wildman–Crippen MR) is 67.5 cm³/mol. The number of benzene rings is 1. The van der Waals surface area contributed by atoms with Crippen LogP contribution in [-0.2, 0) is 0 Å². The Hall–Kier alpha value is -2.68. The number of anilines is 1. The van der Waals surface area contributed by atoms with E-state index in [0.717, 1.165) is 0 Å². The van der Waals surface area contributed by atoms with Crippen molar-refractivity contribution in [2.45, 2.75) is 6.92 Å². The van der Waals surface area contributed by atoms with Crippen molar-refractivity contribution in [3.8, 4) is 17.7 Å². The van der Waals surface area contributed by atoms with E-state index in [-0.39, 0.29) is 17.2 Å². The van der Waals surface area contributed by atoms with E-state index >= 15 is 0 Å². The van der Waals surface area contributed by atoms with Crippen LogP contribution in [-0.4, -0.2) is 17.0 Å². The van der Waals surface area contributed by atoms with Gasteiger partial charge in [-0.25, -0.2) is 9.37 Å².